The highest BCUT2D eigenvalue weighted by atomic mass is 79.9. The lowest BCUT2D eigenvalue weighted by molar-refractivity contribution is -0.148. The van der Waals surface area contributed by atoms with E-state index < -0.39 is 17.4 Å². The number of piperidine rings is 1. The Morgan fingerprint density at radius 3 is 2.86 bits per heavy atom. The van der Waals surface area contributed by atoms with E-state index in [1.807, 2.05) is 25.3 Å². The first-order valence-electron chi connectivity index (χ1n) is 6.82. The van der Waals surface area contributed by atoms with E-state index in [-0.39, 0.29) is 6.03 Å². The molecule has 2 heterocycles. The van der Waals surface area contributed by atoms with Crippen LogP contribution >= 0.6 is 27.3 Å². The third-order valence-corrected chi connectivity index (χ3v) is 5.78. The summed E-state index contributed by atoms with van der Waals surface area (Å²) in [6.45, 7) is 4.69. The minimum absolute atomic E-state index is 0.310. The first-order valence-corrected chi connectivity index (χ1v) is 8.49. The van der Waals surface area contributed by atoms with E-state index in [4.69, 9.17) is 0 Å². The van der Waals surface area contributed by atoms with Crippen LogP contribution in [0.3, 0.4) is 0 Å². The molecule has 1 saturated heterocycles. The number of carboxylic acid groups (broad SMARTS) is 1. The minimum Gasteiger partial charge on any atom is -0.480 e. The molecule has 0 aliphatic carbocycles. The molecule has 5 nitrogen and oxygen atoms in total. The first-order chi connectivity index (χ1) is 9.83. The summed E-state index contributed by atoms with van der Waals surface area (Å²) in [4.78, 5) is 26.4. The predicted octanol–water partition coefficient (Wildman–Crippen LogP) is 3.30. The standard InChI is InChI=1S/C14H19BrN2O3S/c1-14(2)5-3-6-17(11(14)12(18)19)13(20)16-8-10-9(15)4-7-21-10/h4,7,11H,3,5-6,8H2,1-2H3,(H,16,20)(H,18,19). The van der Waals surface area contributed by atoms with Crippen LogP contribution in [0.5, 0.6) is 0 Å². The number of halogens is 1. The molecule has 1 aromatic rings. The van der Waals surface area contributed by atoms with E-state index in [2.05, 4.69) is 21.2 Å². The maximum Gasteiger partial charge on any atom is 0.327 e. The van der Waals surface area contributed by atoms with Crippen molar-refractivity contribution in [1.29, 1.82) is 0 Å². The zero-order chi connectivity index (χ0) is 15.6. The Morgan fingerprint density at radius 2 is 2.29 bits per heavy atom. The lowest BCUT2D eigenvalue weighted by Crippen LogP contribution is -2.58. The molecule has 1 aliphatic rings. The second kappa shape index (κ2) is 6.36. The van der Waals surface area contributed by atoms with E-state index in [9.17, 15) is 14.7 Å². The number of hydrogen-bond acceptors (Lipinski definition) is 3. The van der Waals surface area contributed by atoms with Crippen LogP contribution in [0.15, 0.2) is 15.9 Å². The first kappa shape index (κ1) is 16.3. The van der Waals surface area contributed by atoms with Crippen LogP contribution in [0.1, 0.15) is 31.6 Å². The Labute approximate surface area is 136 Å². The smallest absolute Gasteiger partial charge is 0.327 e. The van der Waals surface area contributed by atoms with Gasteiger partial charge in [-0.2, -0.15) is 0 Å². The fourth-order valence-corrected chi connectivity index (χ4v) is 4.22. The summed E-state index contributed by atoms with van der Waals surface area (Å²) in [5.41, 5.74) is -0.412. The Bertz CT molecular complexity index is 544. The van der Waals surface area contributed by atoms with Gasteiger partial charge in [0.2, 0.25) is 0 Å². The molecule has 1 aromatic heterocycles. The number of carboxylic acids is 1. The van der Waals surface area contributed by atoms with E-state index in [1.54, 1.807) is 11.3 Å². The second-order valence-electron chi connectivity index (χ2n) is 5.88. The van der Waals surface area contributed by atoms with Crippen LogP contribution in [0.2, 0.25) is 0 Å². The van der Waals surface area contributed by atoms with E-state index in [0.29, 0.717) is 13.1 Å². The molecule has 2 rings (SSSR count). The van der Waals surface area contributed by atoms with Crippen molar-refractivity contribution in [3.63, 3.8) is 0 Å². The van der Waals surface area contributed by atoms with Crippen molar-refractivity contribution >= 4 is 39.3 Å². The van der Waals surface area contributed by atoms with Gasteiger partial charge >= 0.3 is 12.0 Å². The molecular weight excluding hydrogens is 356 g/mol. The van der Waals surface area contributed by atoms with Crippen LogP contribution in [-0.4, -0.2) is 34.6 Å². The fraction of sp³-hybridized carbons (Fsp3) is 0.571. The number of rotatable bonds is 3. The Kier molecular flexibility index (Phi) is 4.93. The molecule has 1 unspecified atom stereocenters. The zero-order valence-corrected chi connectivity index (χ0v) is 14.5. The summed E-state index contributed by atoms with van der Waals surface area (Å²) in [5, 5.41) is 14.2. The molecule has 0 saturated carbocycles. The maximum atomic E-state index is 12.3. The summed E-state index contributed by atoms with van der Waals surface area (Å²) in [7, 11) is 0. The molecule has 7 heteroatoms. The SMILES string of the molecule is CC1(C)CCCN(C(=O)NCc2sccc2Br)C1C(=O)O. The number of hydrogen-bond donors (Lipinski definition) is 2. The quantitative estimate of drug-likeness (QED) is 0.852. The van der Waals surface area contributed by atoms with Gasteiger partial charge in [0.15, 0.2) is 0 Å². The molecule has 2 N–H and O–H groups in total. The van der Waals surface area contributed by atoms with Gasteiger partial charge in [-0.1, -0.05) is 13.8 Å². The number of carbonyl (C=O) groups excluding carboxylic acids is 1. The number of nitrogens with one attached hydrogen (secondary N) is 1. The molecular formula is C14H19BrN2O3S. The molecule has 2 amide bonds. The zero-order valence-electron chi connectivity index (χ0n) is 12.1. The molecule has 116 valence electrons. The van der Waals surface area contributed by atoms with Crippen LogP contribution in [0.25, 0.3) is 0 Å². The molecule has 0 aromatic carbocycles. The second-order valence-corrected chi connectivity index (χ2v) is 7.73. The minimum atomic E-state index is -0.938. The van der Waals surface area contributed by atoms with Crippen molar-refractivity contribution in [2.75, 3.05) is 6.54 Å². The highest BCUT2D eigenvalue weighted by Gasteiger charge is 2.44. The van der Waals surface area contributed by atoms with Crippen LogP contribution < -0.4 is 5.32 Å². The largest absolute Gasteiger partial charge is 0.480 e. The number of nitrogens with zero attached hydrogens (tertiary/aromatic N) is 1. The van der Waals surface area contributed by atoms with Crippen molar-refractivity contribution in [3.05, 3.63) is 20.8 Å². The molecule has 1 fully saturated rings. The summed E-state index contributed by atoms with van der Waals surface area (Å²) in [6, 6.07) is 0.837. The van der Waals surface area contributed by atoms with Crippen LogP contribution in [0, 0.1) is 5.41 Å². The van der Waals surface area contributed by atoms with Gasteiger partial charge in [-0.15, -0.1) is 11.3 Å². The number of aliphatic carboxylic acids is 1. The number of urea groups is 1. The van der Waals surface area contributed by atoms with Gasteiger partial charge in [0.05, 0.1) is 6.54 Å². The van der Waals surface area contributed by atoms with Gasteiger partial charge in [0.1, 0.15) is 6.04 Å². The molecule has 0 spiro atoms. The van der Waals surface area contributed by atoms with Gasteiger partial charge in [0.25, 0.3) is 0 Å². The summed E-state index contributed by atoms with van der Waals surface area (Å²) in [6.07, 6.45) is 1.64. The lowest BCUT2D eigenvalue weighted by atomic mass is 9.76. The average molecular weight is 375 g/mol. The Morgan fingerprint density at radius 1 is 1.57 bits per heavy atom. The normalized spacial score (nSPS) is 21.1. The third kappa shape index (κ3) is 3.58. The van der Waals surface area contributed by atoms with E-state index in [1.165, 1.54) is 4.90 Å². The number of likely N-dealkylation sites (tertiary alicyclic amines) is 1. The van der Waals surface area contributed by atoms with Crippen molar-refractivity contribution in [2.45, 2.75) is 39.3 Å². The predicted molar refractivity (Wildman–Crippen MR) is 85.4 cm³/mol. The Hall–Kier alpha value is -1.08. The number of carbonyl (C=O) groups is 2. The fourth-order valence-electron chi connectivity index (χ4n) is 2.79. The summed E-state index contributed by atoms with van der Waals surface area (Å²) >= 11 is 4.97. The molecule has 0 radical (unpaired) electrons. The number of thiophene rings is 1. The van der Waals surface area contributed by atoms with Crippen LogP contribution in [0.4, 0.5) is 4.79 Å². The highest BCUT2D eigenvalue weighted by Crippen LogP contribution is 2.35. The highest BCUT2D eigenvalue weighted by molar-refractivity contribution is 9.10. The van der Waals surface area contributed by atoms with Crippen LogP contribution in [-0.2, 0) is 11.3 Å². The van der Waals surface area contributed by atoms with Crippen molar-refractivity contribution in [3.8, 4) is 0 Å². The van der Waals surface area contributed by atoms with E-state index >= 15 is 0 Å². The lowest BCUT2D eigenvalue weighted by Gasteiger charge is -2.43. The summed E-state index contributed by atoms with van der Waals surface area (Å²) in [5.74, 6) is -0.938. The molecule has 1 atom stereocenters. The third-order valence-electron chi connectivity index (χ3n) is 3.86. The Balaban J connectivity index is 2.06. The van der Waals surface area contributed by atoms with Gasteiger partial charge in [-0.05, 0) is 45.6 Å². The van der Waals surface area contributed by atoms with Crippen molar-refractivity contribution in [1.82, 2.24) is 10.2 Å². The topological polar surface area (TPSA) is 69.6 Å². The number of amides is 2. The molecule has 1 aliphatic heterocycles. The van der Waals surface area contributed by atoms with Crippen molar-refractivity contribution < 1.29 is 14.7 Å². The molecule has 21 heavy (non-hydrogen) atoms. The van der Waals surface area contributed by atoms with Gasteiger partial charge < -0.3 is 15.3 Å². The maximum absolute atomic E-state index is 12.3. The van der Waals surface area contributed by atoms with Gasteiger partial charge in [-0.3, -0.25) is 0 Å². The molecule has 0 bridgehead atoms. The average Bonchev–Trinajstić information content (AvgIpc) is 2.79. The summed E-state index contributed by atoms with van der Waals surface area (Å²) < 4.78 is 0.960. The monoisotopic (exact) mass is 374 g/mol. The van der Waals surface area contributed by atoms with Gasteiger partial charge in [-0.25, -0.2) is 9.59 Å². The van der Waals surface area contributed by atoms with E-state index in [0.717, 1.165) is 22.2 Å². The van der Waals surface area contributed by atoms with Gasteiger partial charge in [0, 0.05) is 15.9 Å². The van der Waals surface area contributed by atoms with Crippen molar-refractivity contribution in [2.24, 2.45) is 5.41 Å².